The van der Waals surface area contributed by atoms with Crippen LogP contribution in [-0.4, -0.2) is 19.3 Å². The lowest BCUT2D eigenvalue weighted by atomic mass is 10.2. The van der Waals surface area contributed by atoms with Crippen molar-refractivity contribution in [2.45, 2.75) is 71.9 Å². The summed E-state index contributed by atoms with van der Waals surface area (Å²) in [5, 5.41) is 7.14. The first kappa shape index (κ1) is 14.9. The van der Waals surface area contributed by atoms with Gasteiger partial charge < -0.3 is 10.6 Å². The van der Waals surface area contributed by atoms with Crippen molar-refractivity contribution in [1.29, 1.82) is 0 Å². The zero-order valence-electron chi connectivity index (χ0n) is 10.9. The largest absolute Gasteiger partial charge is 0.302 e. The number of unbranched alkanes of at least 4 members (excludes halogenated alkanes) is 4. The molecule has 0 saturated carbocycles. The van der Waals surface area contributed by atoms with Crippen LogP contribution in [0.5, 0.6) is 0 Å². The van der Waals surface area contributed by atoms with Gasteiger partial charge in [0.15, 0.2) is 0 Å². The Morgan fingerprint density at radius 1 is 0.733 bits per heavy atom. The molecule has 2 heteroatoms. The molecule has 0 aromatic heterocycles. The van der Waals surface area contributed by atoms with Crippen molar-refractivity contribution in [1.82, 2.24) is 10.6 Å². The summed E-state index contributed by atoms with van der Waals surface area (Å²) in [4.78, 5) is 0. The van der Waals surface area contributed by atoms with Crippen LogP contribution in [0.1, 0.15) is 65.7 Å². The Labute approximate surface area is 96.2 Å². The molecule has 0 fully saturated rings. The maximum Gasteiger partial charge on any atom is 0.0568 e. The predicted molar refractivity (Wildman–Crippen MR) is 69.1 cm³/mol. The highest BCUT2D eigenvalue weighted by Crippen LogP contribution is 1.95. The van der Waals surface area contributed by atoms with Crippen LogP contribution >= 0.6 is 0 Å². The molecule has 0 aliphatic heterocycles. The van der Waals surface area contributed by atoms with Gasteiger partial charge in [0.05, 0.1) is 6.17 Å². The van der Waals surface area contributed by atoms with Crippen LogP contribution < -0.4 is 10.6 Å². The summed E-state index contributed by atoms with van der Waals surface area (Å²) < 4.78 is 0. The van der Waals surface area contributed by atoms with Crippen LogP contribution in [0.25, 0.3) is 0 Å². The van der Waals surface area contributed by atoms with Crippen LogP contribution in [0.3, 0.4) is 0 Å². The van der Waals surface area contributed by atoms with E-state index in [1.165, 1.54) is 44.9 Å². The Balaban J connectivity index is 3.29. The normalized spacial score (nSPS) is 11.2. The van der Waals surface area contributed by atoms with E-state index in [1.807, 2.05) is 0 Å². The van der Waals surface area contributed by atoms with Gasteiger partial charge in [0, 0.05) is 0 Å². The second-order valence-corrected chi connectivity index (χ2v) is 4.28. The molecule has 0 aliphatic rings. The van der Waals surface area contributed by atoms with Gasteiger partial charge in [-0.2, -0.15) is 0 Å². The molecule has 15 heavy (non-hydrogen) atoms. The topological polar surface area (TPSA) is 24.1 Å². The highest BCUT2D eigenvalue weighted by Gasteiger charge is 2.02. The Hall–Kier alpha value is -0.0800. The second kappa shape index (κ2) is 12.0. The monoisotopic (exact) mass is 214 g/mol. The van der Waals surface area contributed by atoms with Crippen LogP contribution in [-0.2, 0) is 0 Å². The van der Waals surface area contributed by atoms with E-state index in [0.717, 1.165) is 13.1 Å². The van der Waals surface area contributed by atoms with Gasteiger partial charge in [0.1, 0.15) is 0 Å². The van der Waals surface area contributed by atoms with Gasteiger partial charge in [0.2, 0.25) is 0 Å². The SMILES string of the molecule is CCCCCNC(CC)NCCCCC. The van der Waals surface area contributed by atoms with Crippen molar-refractivity contribution in [2.75, 3.05) is 13.1 Å². The van der Waals surface area contributed by atoms with E-state index in [1.54, 1.807) is 0 Å². The lowest BCUT2D eigenvalue weighted by molar-refractivity contribution is 0.402. The van der Waals surface area contributed by atoms with Gasteiger partial charge in [-0.3, -0.25) is 0 Å². The van der Waals surface area contributed by atoms with Crippen molar-refractivity contribution in [3.05, 3.63) is 0 Å². The third-order valence-electron chi connectivity index (χ3n) is 2.75. The minimum Gasteiger partial charge on any atom is -0.302 e. The summed E-state index contributed by atoms with van der Waals surface area (Å²) in [5.41, 5.74) is 0. The first-order valence-corrected chi connectivity index (χ1v) is 6.81. The van der Waals surface area contributed by atoms with Gasteiger partial charge in [-0.15, -0.1) is 0 Å². The predicted octanol–water partition coefficient (Wildman–Crippen LogP) is 3.28. The molecule has 2 N–H and O–H groups in total. The molecule has 0 aromatic carbocycles. The highest BCUT2D eigenvalue weighted by molar-refractivity contribution is 4.62. The molecule has 0 saturated heterocycles. The fourth-order valence-corrected chi connectivity index (χ4v) is 1.66. The molecular formula is C13H30N2. The molecule has 0 rings (SSSR count). The van der Waals surface area contributed by atoms with Gasteiger partial charge in [-0.05, 0) is 32.4 Å². The van der Waals surface area contributed by atoms with Gasteiger partial charge in [-0.25, -0.2) is 0 Å². The first-order chi connectivity index (χ1) is 7.35. The molecule has 0 heterocycles. The van der Waals surface area contributed by atoms with Gasteiger partial charge >= 0.3 is 0 Å². The summed E-state index contributed by atoms with van der Waals surface area (Å²) in [5.74, 6) is 0. The lowest BCUT2D eigenvalue weighted by Crippen LogP contribution is -2.42. The van der Waals surface area contributed by atoms with Crippen LogP contribution in [0.2, 0.25) is 0 Å². The Kier molecular flexibility index (Phi) is 11.9. The van der Waals surface area contributed by atoms with Crippen LogP contribution in [0.4, 0.5) is 0 Å². The zero-order chi connectivity index (χ0) is 11.4. The summed E-state index contributed by atoms with van der Waals surface area (Å²) in [6.45, 7) is 9.06. The van der Waals surface area contributed by atoms with E-state index in [2.05, 4.69) is 31.4 Å². The third kappa shape index (κ3) is 10.2. The molecule has 92 valence electrons. The van der Waals surface area contributed by atoms with Crippen LogP contribution in [0.15, 0.2) is 0 Å². The molecular weight excluding hydrogens is 184 g/mol. The van der Waals surface area contributed by atoms with E-state index >= 15 is 0 Å². The number of hydrogen-bond donors (Lipinski definition) is 2. The lowest BCUT2D eigenvalue weighted by Gasteiger charge is -2.18. The Bertz CT molecular complexity index is 103. The number of nitrogens with one attached hydrogen (secondary N) is 2. The van der Waals surface area contributed by atoms with Crippen LogP contribution in [0, 0.1) is 0 Å². The number of rotatable bonds is 11. The van der Waals surface area contributed by atoms with Crippen molar-refractivity contribution in [3.63, 3.8) is 0 Å². The fourth-order valence-electron chi connectivity index (χ4n) is 1.66. The van der Waals surface area contributed by atoms with Gasteiger partial charge in [0.25, 0.3) is 0 Å². The Morgan fingerprint density at radius 3 is 1.53 bits per heavy atom. The maximum absolute atomic E-state index is 3.57. The quantitative estimate of drug-likeness (QED) is 0.407. The third-order valence-corrected chi connectivity index (χ3v) is 2.75. The maximum atomic E-state index is 3.57. The van der Waals surface area contributed by atoms with E-state index in [0.29, 0.717) is 6.17 Å². The minimum atomic E-state index is 0.527. The summed E-state index contributed by atoms with van der Waals surface area (Å²) in [6.07, 6.45) is 9.63. The number of hydrogen-bond acceptors (Lipinski definition) is 2. The van der Waals surface area contributed by atoms with E-state index in [-0.39, 0.29) is 0 Å². The molecule has 0 unspecified atom stereocenters. The molecule has 0 aliphatic carbocycles. The molecule has 2 nitrogen and oxygen atoms in total. The van der Waals surface area contributed by atoms with Gasteiger partial charge in [-0.1, -0.05) is 46.5 Å². The zero-order valence-corrected chi connectivity index (χ0v) is 10.9. The summed E-state index contributed by atoms with van der Waals surface area (Å²) in [6, 6.07) is 0. The standard InChI is InChI=1S/C13H30N2/c1-4-7-9-11-14-13(6-3)15-12-10-8-5-2/h13-15H,4-12H2,1-3H3. The average molecular weight is 214 g/mol. The molecule has 0 radical (unpaired) electrons. The average Bonchev–Trinajstić information content (AvgIpc) is 2.27. The second-order valence-electron chi connectivity index (χ2n) is 4.28. The Morgan fingerprint density at radius 2 is 1.20 bits per heavy atom. The fraction of sp³-hybridized carbons (Fsp3) is 1.00. The molecule has 0 atom stereocenters. The summed E-state index contributed by atoms with van der Waals surface area (Å²) >= 11 is 0. The summed E-state index contributed by atoms with van der Waals surface area (Å²) in [7, 11) is 0. The van der Waals surface area contributed by atoms with Crippen molar-refractivity contribution >= 4 is 0 Å². The van der Waals surface area contributed by atoms with Crippen molar-refractivity contribution < 1.29 is 0 Å². The highest BCUT2D eigenvalue weighted by atomic mass is 15.1. The first-order valence-electron chi connectivity index (χ1n) is 6.81. The van der Waals surface area contributed by atoms with E-state index in [9.17, 15) is 0 Å². The van der Waals surface area contributed by atoms with Crippen molar-refractivity contribution in [3.8, 4) is 0 Å². The molecule has 0 spiro atoms. The smallest absolute Gasteiger partial charge is 0.0568 e. The minimum absolute atomic E-state index is 0.527. The molecule has 0 aromatic rings. The molecule has 0 amide bonds. The van der Waals surface area contributed by atoms with E-state index in [4.69, 9.17) is 0 Å². The van der Waals surface area contributed by atoms with E-state index < -0.39 is 0 Å². The van der Waals surface area contributed by atoms with Crippen molar-refractivity contribution in [2.24, 2.45) is 0 Å². The molecule has 0 bridgehead atoms.